The molecule has 0 radical (unpaired) electrons. The molecular formula is C9H19NO2. The standard InChI is InChI=1S/C9H19NO2/c1-5-7(10)9(3,4)8(11)12-6-2/h7H,5-6,10H2,1-4H3/t7-/m0/s1. The third-order valence-electron chi connectivity index (χ3n) is 2.17. The summed E-state index contributed by atoms with van der Waals surface area (Å²) in [6.45, 7) is 7.81. The van der Waals surface area contributed by atoms with Gasteiger partial charge in [-0.3, -0.25) is 4.79 Å². The van der Waals surface area contributed by atoms with Crippen LogP contribution in [0.3, 0.4) is 0 Å². The highest BCUT2D eigenvalue weighted by molar-refractivity contribution is 5.76. The Labute approximate surface area is 74.3 Å². The molecule has 0 saturated heterocycles. The second-order valence-electron chi connectivity index (χ2n) is 3.46. The molecule has 0 aliphatic carbocycles. The summed E-state index contributed by atoms with van der Waals surface area (Å²) in [5.41, 5.74) is 5.22. The molecule has 3 heteroatoms. The van der Waals surface area contributed by atoms with Crippen molar-refractivity contribution in [1.82, 2.24) is 0 Å². The van der Waals surface area contributed by atoms with E-state index >= 15 is 0 Å². The van der Waals surface area contributed by atoms with Crippen molar-refractivity contribution in [2.45, 2.75) is 40.2 Å². The Hall–Kier alpha value is -0.570. The Morgan fingerprint density at radius 1 is 1.50 bits per heavy atom. The second-order valence-corrected chi connectivity index (χ2v) is 3.46. The van der Waals surface area contributed by atoms with Gasteiger partial charge >= 0.3 is 5.97 Å². The molecule has 0 heterocycles. The highest BCUT2D eigenvalue weighted by Gasteiger charge is 2.34. The summed E-state index contributed by atoms with van der Waals surface area (Å²) >= 11 is 0. The van der Waals surface area contributed by atoms with E-state index in [1.807, 2.05) is 20.8 Å². The molecule has 0 saturated carbocycles. The van der Waals surface area contributed by atoms with E-state index in [0.29, 0.717) is 6.61 Å². The summed E-state index contributed by atoms with van der Waals surface area (Å²) in [6, 6.07) is -0.128. The van der Waals surface area contributed by atoms with Crippen molar-refractivity contribution in [3.05, 3.63) is 0 Å². The lowest BCUT2D eigenvalue weighted by Crippen LogP contribution is -2.43. The zero-order valence-electron chi connectivity index (χ0n) is 8.39. The van der Waals surface area contributed by atoms with Gasteiger partial charge in [0, 0.05) is 6.04 Å². The minimum atomic E-state index is -0.565. The zero-order chi connectivity index (χ0) is 9.78. The Morgan fingerprint density at radius 3 is 2.33 bits per heavy atom. The van der Waals surface area contributed by atoms with Crippen LogP contribution in [0.1, 0.15) is 34.1 Å². The number of hydrogen-bond donors (Lipinski definition) is 1. The average molecular weight is 173 g/mol. The van der Waals surface area contributed by atoms with E-state index in [2.05, 4.69) is 0 Å². The largest absolute Gasteiger partial charge is 0.466 e. The first-order valence-electron chi connectivity index (χ1n) is 4.39. The van der Waals surface area contributed by atoms with Gasteiger partial charge in [-0.15, -0.1) is 0 Å². The minimum absolute atomic E-state index is 0.128. The Morgan fingerprint density at radius 2 is 2.00 bits per heavy atom. The summed E-state index contributed by atoms with van der Waals surface area (Å²) in [5.74, 6) is -0.209. The zero-order valence-corrected chi connectivity index (χ0v) is 8.39. The van der Waals surface area contributed by atoms with E-state index in [9.17, 15) is 4.79 Å². The predicted molar refractivity (Wildman–Crippen MR) is 48.7 cm³/mol. The van der Waals surface area contributed by atoms with Crippen LogP contribution >= 0.6 is 0 Å². The maximum Gasteiger partial charge on any atom is 0.313 e. The van der Waals surface area contributed by atoms with Crippen molar-refractivity contribution < 1.29 is 9.53 Å². The molecule has 0 amide bonds. The molecule has 2 N–H and O–H groups in total. The first-order chi connectivity index (χ1) is 5.46. The molecule has 0 unspecified atom stereocenters. The van der Waals surface area contributed by atoms with E-state index in [4.69, 9.17) is 10.5 Å². The molecule has 12 heavy (non-hydrogen) atoms. The smallest absolute Gasteiger partial charge is 0.313 e. The lowest BCUT2D eigenvalue weighted by Gasteiger charge is -2.28. The van der Waals surface area contributed by atoms with Gasteiger partial charge in [-0.05, 0) is 27.2 Å². The van der Waals surface area contributed by atoms with Gasteiger partial charge in [0.1, 0.15) is 0 Å². The SMILES string of the molecule is CCOC(=O)C(C)(C)[C@@H](N)CC. The van der Waals surface area contributed by atoms with Crippen molar-refractivity contribution in [3.63, 3.8) is 0 Å². The van der Waals surface area contributed by atoms with Crippen molar-refractivity contribution in [1.29, 1.82) is 0 Å². The highest BCUT2D eigenvalue weighted by Crippen LogP contribution is 2.22. The van der Waals surface area contributed by atoms with E-state index in [1.54, 1.807) is 6.92 Å². The molecule has 0 aliphatic rings. The molecule has 0 aromatic heterocycles. The van der Waals surface area contributed by atoms with Gasteiger partial charge in [0.25, 0.3) is 0 Å². The Balaban J connectivity index is 4.27. The third kappa shape index (κ3) is 2.48. The molecular weight excluding hydrogens is 154 g/mol. The number of nitrogens with two attached hydrogens (primary N) is 1. The van der Waals surface area contributed by atoms with Crippen LogP contribution in [0.5, 0.6) is 0 Å². The van der Waals surface area contributed by atoms with E-state index < -0.39 is 5.41 Å². The van der Waals surface area contributed by atoms with Crippen LogP contribution in [0.2, 0.25) is 0 Å². The summed E-state index contributed by atoms with van der Waals surface area (Å²) in [6.07, 6.45) is 0.784. The topological polar surface area (TPSA) is 52.3 Å². The average Bonchev–Trinajstić information content (AvgIpc) is 2.03. The van der Waals surface area contributed by atoms with E-state index in [0.717, 1.165) is 6.42 Å². The van der Waals surface area contributed by atoms with Crippen LogP contribution in [0.25, 0.3) is 0 Å². The fraction of sp³-hybridized carbons (Fsp3) is 0.889. The molecule has 3 nitrogen and oxygen atoms in total. The molecule has 0 aromatic carbocycles. The summed E-state index contributed by atoms with van der Waals surface area (Å²) in [7, 11) is 0. The lowest BCUT2D eigenvalue weighted by molar-refractivity contribution is -0.154. The first kappa shape index (κ1) is 11.4. The van der Waals surface area contributed by atoms with Gasteiger partial charge in [0.2, 0.25) is 0 Å². The Bertz CT molecular complexity index is 155. The van der Waals surface area contributed by atoms with Gasteiger partial charge in [0.05, 0.1) is 12.0 Å². The van der Waals surface area contributed by atoms with Gasteiger partial charge < -0.3 is 10.5 Å². The molecule has 72 valence electrons. The predicted octanol–water partition coefficient (Wildman–Crippen LogP) is 1.31. The highest BCUT2D eigenvalue weighted by atomic mass is 16.5. The number of ether oxygens (including phenoxy) is 1. The van der Waals surface area contributed by atoms with Gasteiger partial charge in [0.15, 0.2) is 0 Å². The second kappa shape index (κ2) is 4.45. The fourth-order valence-electron chi connectivity index (χ4n) is 0.979. The van der Waals surface area contributed by atoms with E-state index in [1.165, 1.54) is 0 Å². The summed E-state index contributed by atoms with van der Waals surface area (Å²) in [5, 5.41) is 0. The number of carbonyl (C=O) groups is 1. The fourth-order valence-corrected chi connectivity index (χ4v) is 0.979. The van der Waals surface area contributed by atoms with Crippen LogP contribution in [-0.2, 0) is 9.53 Å². The maximum atomic E-state index is 11.4. The van der Waals surface area contributed by atoms with Gasteiger partial charge in [-0.2, -0.15) is 0 Å². The maximum absolute atomic E-state index is 11.4. The van der Waals surface area contributed by atoms with Crippen molar-refractivity contribution in [3.8, 4) is 0 Å². The van der Waals surface area contributed by atoms with Crippen LogP contribution in [0, 0.1) is 5.41 Å². The van der Waals surface area contributed by atoms with Crippen molar-refractivity contribution in [2.24, 2.45) is 11.1 Å². The molecule has 0 aliphatic heterocycles. The summed E-state index contributed by atoms with van der Waals surface area (Å²) < 4.78 is 4.91. The lowest BCUT2D eigenvalue weighted by atomic mass is 9.83. The number of esters is 1. The minimum Gasteiger partial charge on any atom is -0.466 e. The molecule has 0 rings (SSSR count). The van der Waals surface area contributed by atoms with Crippen molar-refractivity contribution >= 4 is 5.97 Å². The first-order valence-corrected chi connectivity index (χ1v) is 4.39. The Kier molecular flexibility index (Phi) is 4.24. The number of carbonyl (C=O) groups excluding carboxylic acids is 1. The van der Waals surface area contributed by atoms with Crippen LogP contribution < -0.4 is 5.73 Å². The van der Waals surface area contributed by atoms with Crippen LogP contribution in [-0.4, -0.2) is 18.6 Å². The molecule has 0 bridgehead atoms. The van der Waals surface area contributed by atoms with Crippen LogP contribution in [0.4, 0.5) is 0 Å². The molecule has 1 atom stereocenters. The summed E-state index contributed by atoms with van der Waals surface area (Å²) in [4.78, 5) is 11.4. The van der Waals surface area contributed by atoms with Gasteiger partial charge in [-0.25, -0.2) is 0 Å². The van der Waals surface area contributed by atoms with Crippen LogP contribution in [0.15, 0.2) is 0 Å². The monoisotopic (exact) mass is 173 g/mol. The molecule has 0 aromatic rings. The molecule has 0 fully saturated rings. The quantitative estimate of drug-likeness (QED) is 0.652. The number of hydrogen-bond acceptors (Lipinski definition) is 3. The number of rotatable bonds is 4. The molecule has 0 spiro atoms. The van der Waals surface area contributed by atoms with Crippen molar-refractivity contribution in [2.75, 3.05) is 6.61 Å². The van der Waals surface area contributed by atoms with E-state index in [-0.39, 0.29) is 12.0 Å². The van der Waals surface area contributed by atoms with Gasteiger partial charge in [-0.1, -0.05) is 6.92 Å². The third-order valence-corrected chi connectivity index (χ3v) is 2.17. The normalized spacial score (nSPS) is 14.1.